The van der Waals surface area contributed by atoms with Gasteiger partial charge in [0.15, 0.2) is 0 Å². The second kappa shape index (κ2) is 8.28. The van der Waals surface area contributed by atoms with Crippen molar-refractivity contribution >= 4 is 17.5 Å². The highest BCUT2D eigenvalue weighted by atomic mass is 35.5. The molecule has 1 rings (SSSR count). The van der Waals surface area contributed by atoms with Crippen LogP contribution in [-0.2, 0) is 4.79 Å². The van der Waals surface area contributed by atoms with Crippen molar-refractivity contribution in [2.75, 3.05) is 13.2 Å². The fraction of sp³-hybridized carbons (Fsp3) is 0.562. The van der Waals surface area contributed by atoms with E-state index in [2.05, 4.69) is 5.32 Å². The maximum atomic E-state index is 12.4. The van der Waals surface area contributed by atoms with Crippen LogP contribution in [-0.4, -0.2) is 24.2 Å². The molecule has 2 unspecified atom stereocenters. The number of nitrogens with one attached hydrogen (secondary N) is 1. The van der Waals surface area contributed by atoms with Gasteiger partial charge >= 0.3 is 0 Å². The minimum atomic E-state index is -0.199. The van der Waals surface area contributed by atoms with Gasteiger partial charge in [-0.25, -0.2) is 0 Å². The number of aliphatic hydroxyl groups excluding tert-OH is 1. The molecule has 1 aromatic rings. The van der Waals surface area contributed by atoms with Gasteiger partial charge in [-0.05, 0) is 36.0 Å². The lowest BCUT2D eigenvalue weighted by Gasteiger charge is -2.22. The summed E-state index contributed by atoms with van der Waals surface area (Å²) in [5, 5.41) is 12.5. The SMILES string of the molecule is CC(CCO)CNC(=O)C(c1cccc(Cl)c1)C(C)C. The number of aliphatic hydroxyl groups is 1. The summed E-state index contributed by atoms with van der Waals surface area (Å²) >= 11 is 6.01. The fourth-order valence-electron chi connectivity index (χ4n) is 2.25. The summed E-state index contributed by atoms with van der Waals surface area (Å²) in [7, 11) is 0. The number of benzene rings is 1. The van der Waals surface area contributed by atoms with Crippen molar-refractivity contribution in [1.82, 2.24) is 5.32 Å². The Kier molecular flexibility index (Phi) is 7.03. The summed E-state index contributed by atoms with van der Waals surface area (Å²) < 4.78 is 0. The van der Waals surface area contributed by atoms with E-state index in [1.165, 1.54) is 0 Å². The number of amides is 1. The van der Waals surface area contributed by atoms with E-state index in [4.69, 9.17) is 16.7 Å². The minimum Gasteiger partial charge on any atom is -0.396 e. The average Bonchev–Trinajstić information content (AvgIpc) is 2.36. The van der Waals surface area contributed by atoms with Gasteiger partial charge in [0.2, 0.25) is 5.91 Å². The van der Waals surface area contributed by atoms with E-state index in [0.717, 1.165) is 5.56 Å². The lowest BCUT2D eigenvalue weighted by atomic mass is 9.87. The Morgan fingerprint density at radius 1 is 1.35 bits per heavy atom. The van der Waals surface area contributed by atoms with E-state index < -0.39 is 0 Å². The average molecular weight is 298 g/mol. The van der Waals surface area contributed by atoms with Crippen LogP contribution in [0.1, 0.15) is 38.7 Å². The zero-order valence-corrected chi connectivity index (χ0v) is 13.2. The molecule has 0 radical (unpaired) electrons. The highest BCUT2D eigenvalue weighted by Gasteiger charge is 2.24. The van der Waals surface area contributed by atoms with Crippen molar-refractivity contribution in [3.63, 3.8) is 0 Å². The van der Waals surface area contributed by atoms with E-state index in [1.807, 2.05) is 45.0 Å². The fourth-order valence-corrected chi connectivity index (χ4v) is 2.45. The van der Waals surface area contributed by atoms with Gasteiger partial charge in [-0.3, -0.25) is 4.79 Å². The predicted octanol–water partition coefficient (Wildman–Crippen LogP) is 3.21. The van der Waals surface area contributed by atoms with E-state index in [9.17, 15) is 4.79 Å². The normalized spacial score (nSPS) is 14.1. The standard InChI is InChI=1S/C16H24ClNO2/c1-11(2)15(13-5-4-6-14(17)9-13)16(20)18-10-12(3)7-8-19/h4-6,9,11-12,15,19H,7-8,10H2,1-3H3,(H,18,20). The number of carbonyl (C=O) groups is 1. The van der Waals surface area contributed by atoms with Crippen molar-refractivity contribution in [3.05, 3.63) is 34.9 Å². The third-order valence-electron chi connectivity index (χ3n) is 3.40. The first-order valence-electron chi connectivity index (χ1n) is 7.09. The number of hydrogen-bond acceptors (Lipinski definition) is 2. The summed E-state index contributed by atoms with van der Waals surface area (Å²) in [4.78, 5) is 12.4. The van der Waals surface area contributed by atoms with Crippen LogP contribution in [0.25, 0.3) is 0 Å². The summed E-state index contributed by atoms with van der Waals surface area (Å²) in [6.07, 6.45) is 0.698. The molecule has 0 aromatic heterocycles. The Hall–Kier alpha value is -1.06. The Morgan fingerprint density at radius 3 is 2.60 bits per heavy atom. The predicted molar refractivity (Wildman–Crippen MR) is 82.9 cm³/mol. The van der Waals surface area contributed by atoms with Crippen LogP contribution in [0.5, 0.6) is 0 Å². The van der Waals surface area contributed by atoms with Crippen LogP contribution < -0.4 is 5.32 Å². The van der Waals surface area contributed by atoms with E-state index in [0.29, 0.717) is 18.0 Å². The first-order valence-corrected chi connectivity index (χ1v) is 7.47. The van der Waals surface area contributed by atoms with Crippen molar-refractivity contribution in [1.29, 1.82) is 0 Å². The van der Waals surface area contributed by atoms with E-state index in [-0.39, 0.29) is 30.3 Å². The molecule has 2 atom stereocenters. The van der Waals surface area contributed by atoms with Crippen LogP contribution in [0.2, 0.25) is 5.02 Å². The van der Waals surface area contributed by atoms with Gasteiger partial charge in [0.1, 0.15) is 0 Å². The molecule has 0 heterocycles. The zero-order valence-electron chi connectivity index (χ0n) is 12.4. The first kappa shape index (κ1) is 17.0. The van der Waals surface area contributed by atoms with Gasteiger partial charge in [-0.15, -0.1) is 0 Å². The second-order valence-electron chi connectivity index (χ2n) is 5.64. The molecule has 0 bridgehead atoms. The van der Waals surface area contributed by atoms with Gasteiger partial charge in [0, 0.05) is 18.2 Å². The molecule has 2 N–H and O–H groups in total. The van der Waals surface area contributed by atoms with Crippen molar-refractivity contribution in [2.45, 2.75) is 33.1 Å². The maximum absolute atomic E-state index is 12.4. The van der Waals surface area contributed by atoms with E-state index >= 15 is 0 Å². The van der Waals surface area contributed by atoms with Crippen LogP contribution in [0.4, 0.5) is 0 Å². The summed E-state index contributed by atoms with van der Waals surface area (Å²) in [5.41, 5.74) is 0.944. The zero-order chi connectivity index (χ0) is 15.1. The number of rotatable bonds is 7. The summed E-state index contributed by atoms with van der Waals surface area (Å²) in [6, 6.07) is 7.47. The molecule has 20 heavy (non-hydrogen) atoms. The number of hydrogen-bond donors (Lipinski definition) is 2. The molecule has 0 saturated heterocycles. The number of halogens is 1. The molecule has 4 heteroatoms. The van der Waals surface area contributed by atoms with Crippen LogP contribution >= 0.6 is 11.6 Å². The van der Waals surface area contributed by atoms with Crippen molar-refractivity contribution < 1.29 is 9.90 Å². The summed E-state index contributed by atoms with van der Waals surface area (Å²) in [5.74, 6) is 0.292. The van der Waals surface area contributed by atoms with Crippen molar-refractivity contribution in [2.24, 2.45) is 11.8 Å². The molecule has 1 amide bonds. The second-order valence-corrected chi connectivity index (χ2v) is 6.08. The topological polar surface area (TPSA) is 49.3 Å². The Bertz CT molecular complexity index is 434. The molecular weight excluding hydrogens is 274 g/mol. The Morgan fingerprint density at radius 2 is 2.05 bits per heavy atom. The van der Waals surface area contributed by atoms with E-state index in [1.54, 1.807) is 0 Å². The van der Waals surface area contributed by atoms with Crippen LogP contribution in [0, 0.1) is 11.8 Å². The molecule has 112 valence electrons. The molecule has 0 aliphatic rings. The Labute approximate surface area is 126 Å². The molecule has 0 aliphatic carbocycles. The molecule has 3 nitrogen and oxygen atoms in total. The molecular formula is C16H24ClNO2. The third-order valence-corrected chi connectivity index (χ3v) is 3.64. The molecule has 0 spiro atoms. The smallest absolute Gasteiger partial charge is 0.227 e. The van der Waals surface area contributed by atoms with Crippen LogP contribution in [0.15, 0.2) is 24.3 Å². The van der Waals surface area contributed by atoms with Gasteiger partial charge < -0.3 is 10.4 Å². The van der Waals surface area contributed by atoms with Gasteiger partial charge in [0.05, 0.1) is 5.92 Å². The van der Waals surface area contributed by atoms with Gasteiger partial charge in [-0.1, -0.05) is 44.5 Å². The lowest BCUT2D eigenvalue weighted by molar-refractivity contribution is -0.123. The minimum absolute atomic E-state index is 0.0204. The Balaban J connectivity index is 2.74. The van der Waals surface area contributed by atoms with Crippen molar-refractivity contribution in [3.8, 4) is 0 Å². The lowest BCUT2D eigenvalue weighted by Crippen LogP contribution is -2.35. The molecule has 1 aromatic carbocycles. The largest absolute Gasteiger partial charge is 0.396 e. The number of carbonyl (C=O) groups excluding carboxylic acids is 1. The third kappa shape index (κ3) is 5.14. The first-order chi connectivity index (χ1) is 9.45. The maximum Gasteiger partial charge on any atom is 0.227 e. The van der Waals surface area contributed by atoms with Gasteiger partial charge in [0.25, 0.3) is 0 Å². The quantitative estimate of drug-likeness (QED) is 0.812. The molecule has 0 saturated carbocycles. The highest BCUT2D eigenvalue weighted by Crippen LogP contribution is 2.26. The molecule has 0 aliphatic heterocycles. The monoisotopic (exact) mass is 297 g/mol. The molecule has 0 fully saturated rings. The van der Waals surface area contributed by atoms with Crippen LogP contribution in [0.3, 0.4) is 0 Å². The summed E-state index contributed by atoms with van der Waals surface area (Å²) in [6.45, 7) is 6.81. The highest BCUT2D eigenvalue weighted by molar-refractivity contribution is 6.30. The van der Waals surface area contributed by atoms with Gasteiger partial charge in [-0.2, -0.15) is 0 Å².